The molecule has 1 saturated heterocycles. The van der Waals surface area contributed by atoms with Crippen LogP contribution in [0.2, 0.25) is 5.28 Å². The van der Waals surface area contributed by atoms with Gasteiger partial charge in [-0.2, -0.15) is 0 Å². The summed E-state index contributed by atoms with van der Waals surface area (Å²) in [5.41, 5.74) is 1.24. The number of Topliss-reactive ketones (excluding diaryl/α,β-unsaturated/α-hetero) is 1. The van der Waals surface area contributed by atoms with Crippen molar-refractivity contribution < 1.29 is 22.7 Å². The number of hydrogen-bond donors (Lipinski definition) is 1. The van der Waals surface area contributed by atoms with Crippen LogP contribution < -0.4 is 5.32 Å². The van der Waals surface area contributed by atoms with Gasteiger partial charge >= 0.3 is 0 Å². The highest BCUT2D eigenvalue weighted by atomic mass is 35.5. The molecule has 0 saturated carbocycles. The maximum absolute atomic E-state index is 14.7. The van der Waals surface area contributed by atoms with Crippen LogP contribution in [0.15, 0.2) is 18.2 Å². The number of hydrogen-bond acceptors (Lipinski definition) is 6. The summed E-state index contributed by atoms with van der Waals surface area (Å²) in [5.74, 6) is 0.128. The zero-order valence-electron chi connectivity index (χ0n) is 20.4. The van der Waals surface area contributed by atoms with Crippen molar-refractivity contribution in [1.29, 1.82) is 0 Å². The minimum Gasteiger partial charge on any atom is -0.379 e. The molecule has 2 heterocycles. The molecule has 1 aromatic carbocycles. The van der Waals surface area contributed by atoms with Crippen molar-refractivity contribution in [2.24, 2.45) is 5.92 Å². The van der Waals surface area contributed by atoms with Gasteiger partial charge in [0.15, 0.2) is 0 Å². The van der Waals surface area contributed by atoms with Gasteiger partial charge in [-0.1, -0.05) is 18.2 Å². The Morgan fingerprint density at radius 3 is 2.72 bits per heavy atom. The molecule has 1 fully saturated rings. The topological polar surface area (TPSA) is 67.4 Å². The predicted octanol–water partition coefficient (Wildman–Crippen LogP) is 5.56. The number of rotatable bonds is 10. The lowest BCUT2D eigenvalue weighted by atomic mass is 9.83. The maximum Gasteiger partial charge on any atom is 0.266 e. The molecule has 2 aliphatic rings. The highest BCUT2D eigenvalue weighted by molar-refractivity contribution is 6.28. The Hall–Kier alpha value is -2.23. The summed E-state index contributed by atoms with van der Waals surface area (Å²) in [4.78, 5) is 23.5. The number of morpholine rings is 1. The van der Waals surface area contributed by atoms with E-state index in [0.29, 0.717) is 37.4 Å². The van der Waals surface area contributed by atoms with Crippen molar-refractivity contribution in [2.75, 3.05) is 38.2 Å². The van der Waals surface area contributed by atoms with Crippen molar-refractivity contribution in [3.05, 3.63) is 51.7 Å². The summed E-state index contributed by atoms with van der Waals surface area (Å²) in [6, 6.07) is 3.39. The predicted molar refractivity (Wildman–Crippen MR) is 132 cm³/mol. The Morgan fingerprint density at radius 2 is 1.97 bits per heavy atom. The molecule has 2 aromatic rings. The Balaban J connectivity index is 1.39. The number of nitrogens with zero attached hydrogens (tertiary/aromatic N) is 3. The van der Waals surface area contributed by atoms with Gasteiger partial charge in [-0.3, -0.25) is 9.69 Å². The summed E-state index contributed by atoms with van der Waals surface area (Å²) in [6.45, 7) is 5.67. The Bertz CT molecular complexity index is 1070. The second kappa shape index (κ2) is 12.3. The van der Waals surface area contributed by atoms with E-state index >= 15 is 0 Å². The Labute approximate surface area is 214 Å². The molecule has 1 aliphatic carbocycles. The standard InChI is InChI=1S/C26H32ClF3N4O2/c1-16(19-3-2-4-20(23(19)28)24(29)30)31-25-21-15-17(6-8-22(21)32-26(27)33-25)5-7-18(35)9-10-34-11-13-36-14-12-34/h2-4,16-17,24H,5-15H2,1H3,(H,31,32,33)/t16-,17?/m1/s1. The number of ether oxygens (including phenoxy) is 1. The molecule has 1 aliphatic heterocycles. The molecular formula is C26H32ClF3N4O2. The number of carbonyl (C=O) groups is 1. The number of aryl methyl sites for hydroxylation is 1. The summed E-state index contributed by atoms with van der Waals surface area (Å²) in [7, 11) is 0. The van der Waals surface area contributed by atoms with Gasteiger partial charge in [0.25, 0.3) is 6.43 Å². The van der Waals surface area contributed by atoms with E-state index in [9.17, 15) is 18.0 Å². The molecule has 36 heavy (non-hydrogen) atoms. The molecule has 0 spiro atoms. The second-order valence-electron chi connectivity index (χ2n) is 9.57. The monoisotopic (exact) mass is 524 g/mol. The average Bonchev–Trinajstić information content (AvgIpc) is 2.86. The third kappa shape index (κ3) is 6.75. The zero-order chi connectivity index (χ0) is 25.7. The lowest BCUT2D eigenvalue weighted by Gasteiger charge is -2.27. The fourth-order valence-electron chi connectivity index (χ4n) is 4.97. The Kier molecular flexibility index (Phi) is 9.19. The van der Waals surface area contributed by atoms with E-state index in [4.69, 9.17) is 16.3 Å². The van der Waals surface area contributed by atoms with Crippen molar-refractivity contribution >= 4 is 23.2 Å². The highest BCUT2D eigenvalue weighted by Crippen LogP contribution is 2.35. The summed E-state index contributed by atoms with van der Waals surface area (Å²) in [5, 5.41) is 3.26. The van der Waals surface area contributed by atoms with E-state index in [1.165, 1.54) is 12.1 Å². The molecule has 196 valence electrons. The molecular weight excluding hydrogens is 493 g/mol. The minimum atomic E-state index is -2.89. The molecule has 0 bridgehead atoms. The second-order valence-corrected chi connectivity index (χ2v) is 9.91. The quantitative estimate of drug-likeness (QED) is 0.411. The van der Waals surface area contributed by atoms with Crippen LogP contribution in [0.3, 0.4) is 0 Å². The number of ketones is 1. The first-order chi connectivity index (χ1) is 17.3. The van der Waals surface area contributed by atoms with Gasteiger partial charge in [-0.15, -0.1) is 0 Å². The van der Waals surface area contributed by atoms with Crippen molar-refractivity contribution in [2.45, 2.75) is 57.9 Å². The lowest BCUT2D eigenvalue weighted by Crippen LogP contribution is -2.37. The van der Waals surface area contributed by atoms with Gasteiger partial charge in [0.2, 0.25) is 5.28 Å². The van der Waals surface area contributed by atoms with Crippen LogP contribution in [-0.4, -0.2) is 53.5 Å². The molecule has 10 heteroatoms. The number of nitrogens with one attached hydrogen (secondary N) is 1. The first kappa shape index (κ1) is 26.8. The molecule has 1 N–H and O–H groups in total. The average molecular weight is 525 g/mol. The number of fused-ring (bicyclic) bond motifs is 1. The number of aromatic nitrogens is 2. The largest absolute Gasteiger partial charge is 0.379 e. The number of carbonyl (C=O) groups excluding carboxylic acids is 1. The summed E-state index contributed by atoms with van der Waals surface area (Å²) >= 11 is 6.16. The molecule has 0 amide bonds. The third-order valence-corrected chi connectivity index (χ3v) is 7.27. The van der Waals surface area contributed by atoms with Gasteiger partial charge in [-0.25, -0.2) is 23.1 Å². The van der Waals surface area contributed by atoms with E-state index in [0.717, 1.165) is 63.0 Å². The van der Waals surface area contributed by atoms with E-state index in [-0.39, 0.29) is 16.6 Å². The molecule has 1 unspecified atom stereocenters. The van der Waals surface area contributed by atoms with Crippen LogP contribution in [0, 0.1) is 11.7 Å². The van der Waals surface area contributed by atoms with Gasteiger partial charge in [-0.05, 0) is 50.1 Å². The van der Waals surface area contributed by atoms with E-state index < -0.39 is 23.8 Å². The smallest absolute Gasteiger partial charge is 0.266 e. The van der Waals surface area contributed by atoms with Crippen molar-refractivity contribution in [3.63, 3.8) is 0 Å². The van der Waals surface area contributed by atoms with Crippen LogP contribution >= 0.6 is 11.6 Å². The zero-order valence-corrected chi connectivity index (χ0v) is 21.2. The first-order valence-electron chi connectivity index (χ1n) is 12.5. The molecule has 1 aromatic heterocycles. The van der Waals surface area contributed by atoms with Gasteiger partial charge in [0.1, 0.15) is 17.4 Å². The van der Waals surface area contributed by atoms with Gasteiger partial charge in [0, 0.05) is 43.6 Å². The van der Waals surface area contributed by atoms with Crippen LogP contribution in [0.5, 0.6) is 0 Å². The molecule has 4 rings (SSSR count). The fourth-order valence-corrected chi connectivity index (χ4v) is 5.16. The molecule has 0 radical (unpaired) electrons. The van der Waals surface area contributed by atoms with Crippen LogP contribution in [0.4, 0.5) is 19.0 Å². The third-order valence-electron chi connectivity index (χ3n) is 7.10. The maximum atomic E-state index is 14.7. The summed E-state index contributed by atoms with van der Waals surface area (Å²) < 4.78 is 46.4. The summed E-state index contributed by atoms with van der Waals surface area (Å²) in [6.07, 6.45) is 1.26. The normalized spacial score (nSPS) is 19.2. The number of halogens is 4. The van der Waals surface area contributed by atoms with Crippen LogP contribution in [-0.2, 0) is 22.4 Å². The van der Waals surface area contributed by atoms with E-state index in [1.807, 2.05) is 0 Å². The van der Waals surface area contributed by atoms with E-state index in [1.54, 1.807) is 6.92 Å². The molecule has 6 nitrogen and oxygen atoms in total. The van der Waals surface area contributed by atoms with Gasteiger partial charge in [0.05, 0.1) is 30.5 Å². The number of anilines is 1. The Morgan fingerprint density at radius 1 is 1.22 bits per heavy atom. The first-order valence-corrected chi connectivity index (χ1v) is 12.9. The van der Waals surface area contributed by atoms with Crippen LogP contribution in [0.1, 0.15) is 67.5 Å². The fraction of sp³-hybridized carbons (Fsp3) is 0.577. The SMILES string of the molecule is C[C@@H](Nc1nc(Cl)nc2c1CC(CCC(=O)CCN1CCOCC1)CC2)c1cccc(C(F)F)c1F. The highest BCUT2D eigenvalue weighted by Gasteiger charge is 2.26. The lowest BCUT2D eigenvalue weighted by molar-refractivity contribution is -0.120. The molecule has 2 atom stereocenters. The number of benzene rings is 1. The van der Waals surface area contributed by atoms with Gasteiger partial charge < -0.3 is 10.1 Å². The van der Waals surface area contributed by atoms with E-state index in [2.05, 4.69) is 20.2 Å². The van der Waals surface area contributed by atoms with Crippen molar-refractivity contribution in [1.82, 2.24) is 14.9 Å². The number of alkyl halides is 2. The van der Waals surface area contributed by atoms with Crippen LogP contribution in [0.25, 0.3) is 0 Å². The van der Waals surface area contributed by atoms with Crippen molar-refractivity contribution in [3.8, 4) is 0 Å². The minimum absolute atomic E-state index is 0.0852.